The third kappa shape index (κ3) is 7.41. The largest absolute Gasteiger partial charge is 0.396 e. The average Bonchev–Trinajstić information content (AvgIpc) is 2.61. The molecule has 0 fully saturated rings. The van der Waals surface area contributed by atoms with Gasteiger partial charge in [-0.05, 0) is 56.0 Å². The van der Waals surface area contributed by atoms with Crippen LogP contribution in [0.15, 0.2) is 54.6 Å². The molecule has 0 aliphatic rings. The first-order chi connectivity index (χ1) is 13.0. The molecular formula is C22H31N3O2. The number of aliphatic hydroxyl groups excluding tert-OH is 1. The van der Waals surface area contributed by atoms with Crippen LogP contribution in [0.5, 0.6) is 0 Å². The van der Waals surface area contributed by atoms with E-state index in [-0.39, 0.29) is 18.6 Å². The van der Waals surface area contributed by atoms with Gasteiger partial charge in [-0.15, -0.1) is 0 Å². The molecule has 0 aliphatic carbocycles. The number of hydrogen-bond donors (Lipinski definition) is 3. The highest BCUT2D eigenvalue weighted by Gasteiger charge is 2.24. The molecule has 0 aliphatic heterocycles. The number of benzene rings is 2. The predicted molar refractivity (Wildman–Crippen MR) is 110 cm³/mol. The molecule has 27 heavy (non-hydrogen) atoms. The summed E-state index contributed by atoms with van der Waals surface area (Å²) in [5.41, 5.74) is 8.97. The van der Waals surface area contributed by atoms with Crippen molar-refractivity contribution in [2.24, 2.45) is 11.7 Å². The monoisotopic (exact) mass is 369 g/mol. The Morgan fingerprint density at radius 1 is 1.04 bits per heavy atom. The highest BCUT2D eigenvalue weighted by Crippen LogP contribution is 2.18. The second-order valence-corrected chi connectivity index (χ2v) is 7.32. The number of nitrogens with two attached hydrogens (primary N) is 1. The molecule has 0 aromatic heterocycles. The van der Waals surface area contributed by atoms with Crippen LogP contribution in [-0.4, -0.2) is 49.3 Å². The lowest BCUT2D eigenvalue weighted by molar-refractivity contribution is 0.227. The van der Waals surface area contributed by atoms with Crippen molar-refractivity contribution in [1.29, 1.82) is 0 Å². The van der Waals surface area contributed by atoms with Gasteiger partial charge in [-0.3, -0.25) is 0 Å². The third-order valence-corrected chi connectivity index (χ3v) is 4.68. The van der Waals surface area contributed by atoms with Gasteiger partial charge >= 0.3 is 6.03 Å². The van der Waals surface area contributed by atoms with E-state index in [0.29, 0.717) is 12.8 Å². The number of carbonyl (C=O) groups excluding carboxylic acids is 1. The van der Waals surface area contributed by atoms with E-state index in [1.165, 1.54) is 5.56 Å². The van der Waals surface area contributed by atoms with Crippen molar-refractivity contribution >= 4 is 6.03 Å². The summed E-state index contributed by atoms with van der Waals surface area (Å²) in [4.78, 5) is 13.8. The molecule has 4 N–H and O–H groups in total. The van der Waals surface area contributed by atoms with Gasteiger partial charge in [0.05, 0.1) is 0 Å². The first kappa shape index (κ1) is 20.9. The molecule has 2 aromatic carbocycles. The lowest BCUT2D eigenvalue weighted by Gasteiger charge is -2.30. The average molecular weight is 370 g/mol. The minimum Gasteiger partial charge on any atom is -0.396 e. The third-order valence-electron chi connectivity index (χ3n) is 4.68. The van der Waals surface area contributed by atoms with Crippen LogP contribution in [0.1, 0.15) is 16.7 Å². The lowest BCUT2D eigenvalue weighted by atomic mass is 9.87. The number of primary amides is 1. The summed E-state index contributed by atoms with van der Waals surface area (Å²) < 4.78 is 0. The van der Waals surface area contributed by atoms with Gasteiger partial charge in [0, 0.05) is 19.2 Å². The molecule has 0 saturated heterocycles. The van der Waals surface area contributed by atoms with Gasteiger partial charge in [-0.25, -0.2) is 4.79 Å². The maximum absolute atomic E-state index is 11.7. The Morgan fingerprint density at radius 3 is 2.33 bits per heavy atom. The zero-order valence-electron chi connectivity index (χ0n) is 16.3. The van der Waals surface area contributed by atoms with Crippen molar-refractivity contribution in [2.45, 2.75) is 25.3 Å². The lowest BCUT2D eigenvalue weighted by Crippen LogP contribution is -2.48. The van der Waals surface area contributed by atoms with Gasteiger partial charge in [0.2, 0.25) is 0 Å². The molecule has 0 saturated carbocycles. The van der Waals surface area contributed by atoms with Crippen LogP contribution in [0.25, 0.3) is 0 Å². The van der Waals surface area contributed by atoms with Crippen LogP contribution in [-0.2, 0) is 19.3 Å². The summed E-state index contributed by atoms with van der Waals surface area (Å²) >= 11 is 0. The van der Waals surface area contributed by atoms with Crippen molar-refractivity contribution in [3.63, 3.8) is 0 Å². The normalized spacial score (nSPS) is 13.3. The summed E-state index contributed by atoms with van der Waals surface area (Å²) in [6.45, 7) is 0.972. The standard InChI is InChI=1S/C22H31N3O2/c1-25(2)16-20(14-17-7-4-3-5-8-17)21(24-22(23)27)15-19-10-6-9-18(13-19)11-12-26/h3-10,13,20-21,26H,11-12,14-16H2,1-2H3,(H3,23,24,27)/t20-,21?/m0/s1. The highest BCUT2D eigenvalue weighted by molar-refractivity contribution is 5.72. The summed E-state index contributed by atoms with van der Waals surface area (Å²) in [5.74, 6) is 0.219. The molecule has 2 atom stereocenters. The van der Waals surface area contributed by atoms with E-state index in [0.717, 1.165) is 24.1 Å². The number of hydrogen-bond acceptors (Lipinski definition) is 3. The molecule has 0 spiro atoms. The van der Waals surface area contributed by atoms with Crippen LogP contribution in [0, 0.1) is 5.92 Å². The molecule has 0 heterocycles. The number of nitrogens with one attached hydrogen (secondary N) is 1. The molecular weight excluding hydrogens is 338 g/mol. The van der Waals surface area contributed by atoms with Gasteiger partial charge in [0.1, 0.15) is 0 Å². The molecule has 0 bridgehead atoms. The van der Waals surface area contributed by atoms with E-state index in [1.54, 1.807) is 0 Å². The predicted octanol–water partition coefficient (Wildman–Crippen LogP) is 2.22. The summed E-state index contributed by atoms with van der Waals surface area (Å²) in [5, 5.41) is 12.2. The van der Waals surface area contributed by atoms with Gasteiger partial charge in [-0.1, -0.05) is 54.6 Å². The first-order valence-electron chi connectivity index (χ1n) is 9.41. The number of amides is 2. The zero-order chi connectivity index (χ0) is 19.6. The van der Waals surface area contributed by atoms with Gasteiger partial charge < -0.3 is 21.1 Å². The Balaban J connectivity index is 2.23. The van der Waals surface area contributed by atoms with E-state index in [1.807, 2.05) is 44.4 Å². The minimum atomic E-state index is -0.497. The Morgan fingerprint density at radius 2 is 1.70 bits per heavy atom. The molecule has 1 unspecified atom stereocenters. The molecule has 5 nitrogen and oxygen atoms in total. The summed E-state index contributed by atoms with van der Waals surface area (Å²) in [6.07, 6.45) is 2.20. The van der Waals surface area contributed by atoms with Crippen LogP contribution in [0.3, 0.4) is 0 Å². The molecule has 2 aromatic rings. The van der Waals surface area contributed by atoms with Crippen molar-refractivity contribution < 1.29 is 9.90 Å². The summed E-state index contributed by atoms with van der Waals surface area (Å²) in [6, 6.07) is 17.9. The SMILES string of the molecule is CN(C)C[C@H](Cc1ccccc1)C(Cc1cccc(CCO)c1)NC(N)=O. The fraction of sp³-hybridized carbons (Fsp3) is 0.409. The van der Waals surface area contributed by atoms with Crippen LogP contribution in [0.4, 0.5) is 4.79 Å². The maximum atomic E-state index is 11.7. The number of carbonyl (C=O) groups is 1. The fourth-order valence-electron chi connectivity index (χ4n) is 3.53. The second-order valence-electron chi connectivity index (χ2n) is 7.32. The molecule has 5 heteroatoms. The van der Waals surface area contributed by atoms with E-state index < -0.39 is 6.03 Å². The maximum Gasteiger partial charge on any atom is 0.312 e. The van der Waals surface area contributed by atoms with Crippen LogP contribution < -0.4 is 11.1 Å². The number of rotatable bonds is 10. The smallest absolute Gasteiger partial charge is 0.312 e. The van der Waals surface area contributed by atoms with E-state index in [9.17, 15) is 9.90 Å². The van der Waals surface area contributed by atoms with Crippen molar-refractivity contribution in [3.8, 4) is 0 Å². The highest BCUT2D eigenvalue weighted by atomic mass is 16.3. The van der Waals surface area contributed by atoms with Gasteiger partial charge in [0.15, 0.2) is 0 Å². The van der Waals surface area contributed by atoms with Crippen LogP contribution >= 0.6 is 0 Å². The van der Waals surface area contributed by atoms with E-state index >= 15 is 0 Å². The molecule has 0 radical (unpaired) electrons. The Labute approximate surface area is 162 Å². The quantitative estimate of drug-likeness (QED) is 0.601. The number of urea groups is 1. The Kier molecular flexibility index (Phi) is 8.30. The minimum absolute atomic E-state index is 0.0746. The number of aliphatic hydroxyl groups is 1. The van der Waals surface area contributed by atoms with Crippen molar-refractivity contribution in [2.75, 3.05) is 27.2 Å². The van der Waals surface area contributed by atoms with Gasteiger partial charge in [0.25, 0.3) is 0 Å². The topological polar surface area (TPSA) is 78.6 Å². The zero-order valence-corrected chi connectivity index (χ0v) is 16.3. The second kappa shape index (κ2) is 10.7. The number of nitrogens with zero attached hydrogens (tertiary/aromatic N) is 1. The summed E-state index contributed by atoms with van der Waals surface area (Å²) in [7, 11) is 4.09. The van der Waals surface area contributed by atoms with E-state index in [2.05, 4.69) is 34.5 Å². The Hall–Kier alpha value is -2.37. The first-order valence-corrected chi connectivity index (χ1v) is 9.41. The fourth-order valence-corrected chi connectivity index (χ4v) is 3.53. The molecule has 2 rings (SSSR count). The Bertz CT molecular complexity index is 704. The molecule has 2 amide bonds. The van der Waals surface area contributed by atoms with Crippen molar-refractivity contribution in [1.82, 2.24) is 10.2 Å². The van der Waals surface area contributed by atoms with E-state index in [4.69, 9.17) is 5.73 Å². The van der Waals surface area contributed by atoms with Crippen LogP contribution in [0.2, 0.25) is 0 Å². The van der Waals surface area contributed by atoms with Gasteiger partial charge in [-0.2, -0.15) is 0 Å². The van der Waals surface area contributed by atoms with Crippen molar-refractivity contribution in [3.05, 3.63) is 71.3 Å². The molecule has 146 valence electrons.